The summed E-state index contributed by atoms with van der Waals surface area (Å²) < 4.78 is 1.87. The van der Waals surface area contributed by atoms with Crippen LogP contribution < -0.4 is 10.9 Å². The van der Waals surface area contributed by atoms with Crippen molar-refractivity contribution in [2.75, 3.05) is 0 Å². The standard InChI is InChI=1S/C17H25N3OS/c1-10-11(2)22-14-13(10)15(21)20(9-18-14)12-7-16(3,4)19-17(5,6)8-12/h9,12,19H,7-8H2,1-6H3. The van der Waals surface area contributed by atoms with E-state index in [9.17, 15) is 4.79 Å². The summed E-state index contributed by atoms with van der Waals surface area (Å²) in [5.74, 6) is 0. The van der Waals surface area contributed by atoms with Crippen molar-refractivity contribution >= 4 is 21.6 Å². The summed E-state index contributed by atoms with van der Waals surface area (Å²) in [4.78, 5) is 19.6. The first-order chi connectivity index (χ1) is 10.1. The van der Waals surface area contributed by atoms with Crippen molar-refractivity contribution in [2.24, 2.45) is 0 Å². The third kappa shape index (κ3) is 2.61. The van der Waals surface area contributed by atoms with Crippen LogP contribution in [0.5, 0.6) is 0 Å². The molecule has 0 saturated carbocycles. The Morgan fingerprint density at radius 3 is 2.41 bits per heavy atom. The number of fused-ring (bicyclic) bond motifs is 1. The highest BCUT2D eigenvalue weighted by atomic mass is 32.1. The van der Waals surface area contributed by atoms with Crippen molar-refractivity contribution < 1.29 is 0 Å². The molecule has 2 aromatic rings. The molecule has 1 fully saturated rings. The quantitative estimate of drug-likeness (QED) is 0.874. The molecule has 3 heterocycles. The van der Waals surface area contributed by atoms with Crippen molar-refractivity contribution in [3.05, 3.63) is 27.1 Å². The van der Waals surface area contributed by atoms with Crippen LogP contribution in [0, 0.1) is 13.8 Å². The average Bonchev–Trinajstić information content (AvgIpc) is 2.62. The summed E-state index contributed by atoms with van der Waals surface area (Å²) in [6, 6.07) is 0.190. The first kappa shape index (κ1) is 15.7. The lowest BCUT2D eigenvalue weighted by atomic mass is 9.79. The highest BCUT2D eigenvalue weighted by Crippen LogP contribution is 2.35. The molecule has 0 atom stereocenters. The normalized spacial score (nSPS) is 21.4. The SMILES string of the molecule is Cc1sc2ncn(C3CC(C)(C)NC(C)(C)C3)c(=O)c2c1C. The van der Waals surface area contributed by atoms with Gasteiger partial charge in [-0.05, 0) is 59.9 Å². The van der Waals surface area contributed by atoms with Gasteiger partial charge in [0.15, 0.2) is 0 Å². The Kier molecular flexibility index (Phi) is 3.49. The first-order valence-electron chi connectivity index (χ1n) is 7.86. The first-order valence-corrected chi connectivity index (χ1v) is 8.67. The van der Waals surface area contributed by atoms with Gasteiger partial charge in [-0.15, -0.1) is 11.3 Å². The predicted molar refractivity (Wildman–Crippen MR) is 92.9 cm³/mol. The van der Waals surface area contributed by atoms with Crippen LogP contribution in [0.4, 0.5) is 0 Å². The number of nitrogens with one attached hydrogen (secondary N) is 1. The molecule has 0 aliphatic carbocycles. The summed E-state index contributed by atoms with van der Waals surface area (Å²) in [5.41, 5.74) is 1.23. The van der Waals surface area contributed by atoms with E-state index in [2.05, 4.69) is 44.9 Å². The molecule has 0 spiro atoms. The second kappa shape index (κ2) is 4.90. The third-order valence-electron chi connectivity index (χ3n) is 4.68. The summed E-state index contributed by atoms with van der Waals surface area (Å²) in [6.07, 6.45) is 3.62. The maximum absolute atomic E-state index is 13.0. The Morgan fingerprint density at radius 2 is 1.82 bits per heavy atom. The molecule has 22 heavy (non-hydrogen) atoms. The Labute approximate surface area is 135 Å². The van der Waals surface area contributed by atoms with E-state index < -0.39 is 0 Å². The fourth-order valence-corrected chi connectivity index (χ4v) is 4.96. The van der Waals surface area contributed by atoms with E-state index in [-0.39, 0.29) is 22.7 Å². The van der Waals surface area contributed by atoms with E-state index in [1.807, 2.05) is 11.5 Å². The lowest BCUT2D eigenvalue weighted by Crippen LogP contribution is -2.58. The number of piperidine rings is 1. The van der Waals surface area contributed by atoms with Gasteiger partial charge in [0.2, 0.25) is 0 Å². The summed E-state index contributed by atoms with van der Waals surface area (Å²) in [6.45, 7) is 12.9. The van der Waals surface area contributed by atoms with E-state index in [1.54, 1.807) is 17.7 Å². The van der Waals surface area contributed by atoms with Gasteiger partial charge < -0.3 is 5.32 Å². The Hall–Kier alpha value is -1.20. The molecule has 0 unspecified atom stereocenters. The second-order valence-electron chi connectivity index (χ2n) is 7.88. The van der Waals surface area contributed by atoms with E-state index in [0.29, 0.717) is 0 Å². The van der Waals surface area contributed by atoms with Crippen LogP contribution in [0.15, 0.2) is 11.1 Å². The van der Waals surface area contributed by atoms with E-state index in [1.165, 1.54) is 4.88 Å². The van der Waals surface area contributed by atoms with Gasteiger partial charge in [-0.1, -0.05) is 0 Å². The molecule has 1 aliphatic rings. The number of thiophene rings is 1. The molecule has 3 rings (SSSR count). The van der Waals surface area contributed by atoms with Gasteiger partial charge in [-0.25, -0.2) is 4.98 Å². The molecule has 5 heteroatoms. The number of nitrogens with zero attached hydrogens (tertiary/aromatic N) is 2. The number of aromatic nitrogens is 2. The largest absolute Gasteiger partial charge is 0.307 e. The van der Waals surface area contributed by atoms with Gasteiger partial charge >= 0.3 is 0 Å². The third-order valence-corrected chi connectivity index (χ3v) is 5.79. The molecule has 4 nitrogen and oxygen atoms in total. The zero-order chi connectivity index (χ0) is 16.3. The fourth-order valence-electron chi connectivity index (χ4n) is 3.97. The number of rotatable bonds is 1. The minimum absolute atomic E-state index is 0.0143. The Balaban J connectivity index is 2.12. The molecule has 1 aliphatic heterocycles. The smallest absolute Gasteiger partial charge is 0.262 e. The van der Waals surface area contributed by atoms with Crippen LogP contribution in [0.1, 0.15) is 57.0 Å². The molecule has 2 aromatic heterocycles. The molecular formula is C17H25N3OS. The van der Waals surface area contributed by atoms with Crippen LogP contribution >= 0.6 is 11.3 Å². The highest BCUT2D eigenvalue weighted by Gasteiger charge is 2.38. The van der Waals surface area contributed by atoms with Gasteiger partial charge in [0, 0.05) is 22.0 Å². The van der Waals surface area contributed by atoms with Crippen LogP contribution in [-0.2, 0) is 0 Å². The fraction of sp³-hybridized carbons (Fsp3) is 0.647. The Morgan fingerprint density at radius 1 is 1.23 bits per heavy atom. The van der Waals surface area contributed by atoms with E-state index in [4.69, 9.17) is 0 Å². The lowest BCUT2D eigenvalue weighted by molar-refractivity contribution is 0.130. The topological polar surface area (TPSA) is 46.9 Å². The molecule has 0 aromatic carbocycles. The minimum atomic E-state index is 0.0143. The Bertz CT molecular complexity index is 769. The van der Waals surface area contributed by atoms with Crippen molar-refractivity contribution in [2.45, 2.75) is 71.5 Å². The zero-order valence-corrected chi connectivity index (χ0v) is 15.1. The lowest BCUT2D eigenvalue weighted by Gasteiger charge is -2.46. The van der Waals surface area contributed by atoms with Crippen molar-refractivity contribution in [1.29, 1.82) is 0 Å². The maximum atomic E-state index is 13.0. The van der Waals surface area contributed by atoms with Gasteiger partial charge in [0.1, 0.15) is 4.83 Å². The maximum Gasteiger partial charge on any atom is 0.262 e. The molecular weight excluding hydrogens is 294 g/mol. The van der Waals surface area contributed by atoms with Crippen LogP contribution in [0.25, 0.3) is 10.2 Å². The molecule has 1 saturated heterocycles. The summed E-state index contributed by atoms with van der Waals surface area (Å²) in [7, 11) is 0. The van der Waals surface area contributed by atoms with Gasteiger partial charge in [-0.3, -0.25) is 9.36 Å². The van der Waals surface area contributed by atoms with Crippen LogP contribution in [-0.4, -0.2) is 20.6 Å². The van der Waals surface area contributed by atoms with Crippen LogP contribution in [0.2, 0.25) is 0 Å². The number of hydrogen-bond donors (Lipinski definition) is 1. The van der Waals surface area contributed by atoms with E-state index in [0.717, 1.165) is 28.6 Å². The van der Waals surface area contributed by atoms with Crippen molar-refractivity contribution in [1.82, 2.24) is 14.9 Å². The second-order valence-corrected chi connectivity index (χ2v) is 9.08. The molecule has 0 amide bonds. The number of hydrogen-bond acceptors (Lipinski definition) is 4. The van der Waals surface area contributed by atoms with Gasteiger partial charge in [0.05, 0.1) is 11.7 Å². The van der Waals surface area contributed by atoms with Crippen molar-refractivity contribution in [3.63, 3.8) is 0 Å². The minimum Gasteiger partial charge on any atom is -0.307 e. The van der Waals surface area contributed by atoms with Crippen molar-refractivity contribution in [3.8, 4) is 0 Å². The molecule has 0 bridgehead atoms. The molecule has 120 valence electrons. The molecule has 1 N–H and O–H groups in total. The monoisotopic (exact) mass is 319 g/mol. The number of aryl methyl sites for hydroxylation is 2. The highest BCUT2D eigenvalue weighted by molar-refractivity contribution is 7.18. The average molecular weight is 319 g/mol. The van der Waals surface area contributed by atoms with E-state index >= 15 is 0 Å². The van der Waals surface area contributed by atoms with Gasteiger partial charge in [0.25, 0.3) is 5.56 Å². The predicted octanol–water partition coefficient (Wildman–Crippen LogP) is 3.56. The zero-order valence-electron chi connectivity index (χ0n) is 14.3. The van der Waals surface area contributed by atoms with Gasteiger partial charge in [-0.2, -0.15) is 0 Å². The summed E-state index contributed by atoms with van der Waals surface area (Å²) >= 11 is 1.61. The molecule has 0 radical (unpaired) electrons. The summed E-state index contributed by atoms with van der Waals surface area (Å²) in [5, 5.41) is 4.47. The van der Waals surface area contributed by atoms with Crippen LogP contribution in [0.3, 0.4) is 0 Å².